The Morgan fingerprint density at radius 3 is 2.59 bits per heavy atom. The molecular formula is C12H13NO4. The van der Waals surface area contributed by atoms with Crippen molar-refractivity contribution in [2.24, 2.45) is 0 Å². The van der Waals surface area contributed by atoms with Crippen molar-refractivity contribution in [2.45, 2.75) is 12.6 Å². The summed E-state index contributed by atoms with van der Waals surface area (Å²) in [5, 5.41) is 11.2. The van der Waals surface area contributed by atoms with Crippen LogP contribution in [0.25, 0.3) is 0 Å². The Morgan fingerprint density at radius 2 is 2.06 bits per heavy atom. The van der Waals surface area contributed by atoms with Crippen LogP contribution >= 0.6 is 0 Å². The molecule has 1 fully saturated rings. The number of hydrogen-bond donors (Lipinski definition) is 0. The number of esters is 1. The molecule has 1 aromatic rings. The number of nitrogens with zero attached hydrogens (tertiary/aromatic N) is 1. The summed E-state index contributed by atoms with van der Waals surface area (Å²) in [4.78, 5) is 22.5. The fourth-order valence-electron chi connectivity index (χ4n) is 2.02. The van der Waals surface area contributed by atoms with Gasteiger partial charge >= 0.3 is 5.97 Å². The molecule has 0 radical (unpaired) electrons. The van der Waals surface area contributed by atoms with Crippen molar-refractivity contribution in [3.63, 3.8) is 0 Å². The number of rotatable bonds is 3. The summed E-state index contributed by atoms with van der Waals surface area (Å²) in [5.41, 5.74) is 0.864. The minimum atomic E-state index is -1.23. The van der Waals surface area contributed by atoms with Gasteiger partial charge in [0, 0.05) is 5.56 Å². The first kappa shape index (κ1) is 11.6. The van der Waals surface area contributed by atoms with Crippen LogP contribution in [0.1, 0.15) is 5.56 Å². The highest BCUT2D eigenvalue weighted by atomic mass is 16.5. The molecule has 1 aliphatic heterocycles. The number of carboxylic acid groups (broad SMARTS) is 1. The molecule has 5 heteroatoms. The number of amides is 1. The quantitative estimate of drug-likeness (QED) is 0.417. The van der Waals surface area contributed by atoms with Gasteiger partial charge in [0.25, 0.3) is 6.09 Å². The van der Waals surface area contributed by atoms with Crippen LogP contribution in [-0.4, -0.2) is 36.2 Å². The molecule has 1 aliphatic rings. The van der Waals surface area contributed by atoms with Gasteiger partial charge in [-0.25, -0.2) is 9.28 Å². The van der Waals surface area contributed by atoms with Crippen LogP contribution in [-0.2, 0) is 16.1 Å². The zero-order valence-electron chi connectivity index (χ0n) is 9.46. The average molecular weight is 235 g/mol. The summed E-state index contributed by atoms with van der Waals surface area (Å²) in [6.07, 6.45) is -1.23. The minimum absolute atomic E-state index is 0.240. The van der Waals surface area contributed by atoms with Gasteiger partial charge in [0.05, 0.1) is 7.11 Å². The van der Waals surface area contributed by atoms with E-state index >= 15 is 0 Å². The van der Waals surface area contributed by atoms with Crippen molar-refractivity contribution in [3.8, 4) is 0 Å². The van der Waals surface area contributed by atoms with E-state index in [4.69, 9.17) is 0 Å². The molecule has 1 aromatic carbocycles. The first-order valence-electron chi connectivity index (χ1n) is 5.30. The molecule has 0 spiro atoms. The number of hydrogen-bond acceptors (Lipinski definition) is 4. The number of carbonyl (C=O) groups is 2. The van der Waals surface area contributed by atoms with Crippen LogP contribution < -0.4 is 5.11 Å². The molecule has 0 N–H and O–H groups in total. The van der Waals surface area contributed by atoms with Crippen LogP contribution in [0.15, 0.2) is 30.3 Å². The van der Waals surface area contributed by atoms with Crippen molar-refractivity contribution < 1.29 is 23.9 Å². The second-order valence-electron chi connectivity index (χ2n) is 4.17. The first-order valence-corrected chi connectivity index (χ1v) is 5.30. The summed E-state index contributed by atoms with van der Waals surface area (Å²) < 4.78 is 4.21. The zero-order valence-corrected chi connectivity index (χ0v) is 9.46. The third-order valence-corrected chi connectivity index (χ3v) is 3.11. The van der Waals surface area contributed by atoms with Crippen LogP contribution in [0.2, 0.25) is 0 Å². The Hall–Kier alpha value is -1.88. The van der Waals surface area contributed by atoms with Gasteiger partial charge in [0.2, 0.25) is 6.04 Å². The molecule has 5 nitrogen and oxygen atoms in total. The van der Waals surface area contributed by atoms with E-state index < -0.39 is 18.1 Å². The summed E-state index contributed by atoms with van der Waals surface area (Å²) in [6, 6.07) is 8.54. The molecule has 1 saturated heterocycles. The number of ether oxygens (including phenoxy) is 1. The van der Waals surface area contributed by atoms with Gasteiger partial charge in [0.15, 0.2) is 6.54 Å². The van der Waals surface area contributed by atoms with Gasteiger partial charge in [0.1, 0.15) is 6.54 Å². The van der Waals surface area contributed by atoms with Crippen LogP contribution in [0.5, 0.6) is 0 Å². The van der Waals surface area contributed by atoms with E-state index in [9.17, 15) is 14.7 Å². The van der Waals surface area contributed by atoms with Crippen LogP contribution in [0, 0.1) is 0 Å². The maximum absolute atomic E-state index is 11.4. The van der Waals surface area contributed by atoms with Gasteiger partial charge in [-0.05, 0) is 0 Å². The summed E-state index contributed by atoms with van der Waals surface area (Å²) in [7, 11) is 1.26. The fourth-order valence-corrected chi connectivity index (χ4v) is 2.02. The normalized spacial score (nSPS) is 26.3. The molecule has 0 aliphatic carbocycles. The first-order chi connectivity index (χ1) is 8.10. The number of benzene rings is 1. The summed E-state index contributed by atoms with van der Waals surface area (Å²) in [5.74, 6) is -0.495. The standard InChI is InChI=1S/C12H13NO4/c1-17-11(14)10-8-13(10,12(15)16)7-9-5-3-2-4-6-9/h2-6,10H,7-8H2,1H3/t10-,13?/m0/s1. The van der Waals surface area contributed by atoms with Gasteiger partial charge < -0.3 is 14.6 Å². The molecule has 0 aromatic heterocycles. The Labute approximate surface area is 98.8 Å². The van der Waals surface area contributed by atoms with Crippen molar-refractivity contribution in [1.29, 1.82) is 0 Å². The minimum Gasteiger partial charge on any atom is -0.498 e. The second-order valence-corrected chi connectivity index (χ2v) is 4.17. The number of carbonyl (C=O) groups excluding carboxylic acids is 2. The molecular weight excluding hydrogens is 222 g/mol. The van der Waals surface area contributed by atoms with E-state index in [0.717, 1.165) is 5.56 Å². The summed E-state index contributed by atoms with van der Waals surface area (Å²) in [6.45, 7) is 0.493. The largest absolute Gasteiger partial charge is 0.498 e. The lowest BCUT2D eigenvalue weighted by Gasteiger charge is -2.19. The van der Waals surface area contributed by atoms with Crippen LogP contribution in [0.4, 0.5) is 4.79 Å². The van der Waals surface area contributed by atoms with Crippen molar-refractivity contribution in [1.82, 2.24) is 0 Å². The average Bonchev–Trinajstić information content (AvgIpc) is 3.05. The third kappa shape index (κ3) is 2.01. The van der Waals surface area contributed by atoms with Gasteiger partial charge in [-0.3, -0.25) is 0 Å². The molecule has 2 rings (SSSR count). The zero-order chi connectivity index (χ0) is 12.5. The maximum Gasteiger partial charge on any atom is 0.371 e. The molecule has 2 atom stereocenters. The monoisotopic (exact) mass is 235 g/mol. The van der Waals surface area contributed by atoms with E-state index in [-0.39, 0.29) is 17.6 Å². The Bertz CT molecular complexity index is 445. The predicted octanol–water partition coefficient (Wildman–Crippen LogP) is -0.0981. The highest BCUT2D eigenvalue weighted by Gasteiger charge is 2.62. The van der Waals surface area contributed by atoms with E-state index in [1.54, 1.807) is 0 Å². The van der Waals surface area contributed by atoms with Gasteiger partial charge in [-0.2, -0.15) is 0 Å². The molecule has 0 saturated carbocycles. The molecule has 1 amide bonds. The SMILES string of the molecule is COC(=O)[C@@H]1C[N+]1(Cc1ccccc1)C(=O)[O-]. The predicted molar refractivity (Wildman–Crippen MR) is 56.5 cm³/mol. The van der Waals surface area contributed by atoms with Crippen molar-refractivity contribution >= 4 is 12.1 Å². The van der Waals surface area contributed by atoms with E-state index in [2.05, 4.69) is 4.74 Å². The number of methoxy groups -OCH3 is 1. The molecule has 1 heterocycles. The summed E-state index contributed by atoms with van der Waals surface area (Å²) >= 11 is 0. The smallest absolute Gasteiger partial charge is 0.371 e. The highest BCUT2D eigenvalue weighted by molar-refractivity contribution is 5.80. The van der Waals surface area contributed by atoms with Crippen molar-refractivity contribution in [3.05, 3.63) is 35.9 Å². The van der Waals surface area contributed by atoms with Crippen LogP contribution in [0.3, 0.4) is 0 Å². The van der Waals surface area contributed by atoms with Crippen molar-refractivity contribution in [2.75, 3.05) is 13.7 Å². The second kappa shape index (κ2) is 4.18. The van der Waals surface area contributed by atoms with E-state index in [1.165, 1.54) is 7.11 Å². The Morgan fingerprint density at radius 1 is 1.41 bits per heavy atom. The molecule has 1 unspecified atom stereocenters. The highest BCUT2D eigenvalue weighted by Crippen LogP contribution is 2.34. The van der Waals surface area contributed by atoms with E-state index in [0.29, 0.717) is 0 Å². The topological polar surface area (TPSA) is 66.4 Å². The molecule has 0 bridgehead atoms. The fraction of sp³-hybridized carbons (Fsp3) is 0.333. The van der Waals surface area contributed by atoms with Gasteiger partial charge in [-0.15, -0.1) is 0 Å². The van der Waals surface area contributed by atoms with E-state index in [1.807, 2.05) is 30.3 Å². The maximum atomic E-state index is 11.4. The molecule has 17 heavy (non-hydrogen) atoms. The lowest BCUT2D eigenvalue weighted by Crippen LogP contribution is -2.46. The van der Waals surface area contributed by atoms with Gasteiger partial charge in [-0.1, -0.05) is 30.3 Å². The lowest BCUT2D eigenvalue weighted by atomic mass is 10.2. The number of quaternary nitrogens is 1. The Balaban J connectivity index is 2.17. The lowest BCUT2D eigenvalue weighted by molar-refractivity contribution is -0.773. The molecule has 90 valence electrons. The Kier molecular flexibility index (Phi) is 2.85. The third-order valence-electron chi connectivity index (χ3n) is 3.11.